The molecule has 3 saturated heterocycles. The van der Waals surface area contributed by atoms with Crippen molar-refractivity contribution in [3.8, 4) is 0 Å². The number of carbonyl (C=O) groups is 4. The number of amides is 1. The van der Waals surface area contributed by atoms with Gasteiger partial charge in [0.1, 0.15) is 18.8 Å². The zero-order chi connectivity index (χ0) is 42.1. The second-order valence-electron chi connectivity index (χ2n) is 19.1. The van der Waals surface area contributed by atoms with Crippen LogP contribution in [0.3, 0.4) is 0 Å². The van der Waals surface area contributed by atoms with Gasteiger partial charge in [-0.15, -0.1) is 5.10 Å². The fourth-order valence-corrected chi connectivity index (χ4v) is 12.9. The van der Waals surface area contributed by atoms with E-state index in [0.29, 0.717) is 35.9 Å². The summed E-state index contributed by atoms with van der Waals surface area (Å²) in [6, 6.07) is -0.867. The molecule has 1 spiro atoms. The van der Waals surface area contributed by atoms with Crippen molar-refractivity contribution < 1.29 is 48.0 Å². The van der Waals surface area contributed by atoms with E-state index in [-0.39, 0.29) is 41.8 Å². The Morgan fingerprint density at radius 1 is 1.02 bits per heavy atom. The molecule has 0 radical (unpaired) electrons. The number of esters is 3. The molecule has 15 nitrogen and oxygen atoms in total. The molecule has 15 heteroatoms. The fourth-order valence-electron chi connectivity index (χ4n) is 12.9. The summed E-state index contributed by atoms with van der Waals surface area (Å²) in [5.41, 5.74) is 5.11. The maximum Gasteiger partial charge on any atom is 0.303 e. The quantitative estimate of drug-likeness (QED) is 0.215. The Balaban J connectivity index is 1.05. The predicted octanol–water partition coefficient (Wildman–Crippen LogP) is 4.33. The molecule has 2 saturated carbocycles. The van der Waals surface area contributed by atoms with Crippen LogP contribution in [-0.2, 0) is 49.4 Å². The van der Waals surface area contributed by atoms with Crippen molar-refractivity contribution in [2.45, 2.75) is 168 Å². The van der Waals surface area contributed by atoms with Crippen LogP contribution in [0.5, 0.6) is 0 Å². The van der Waals surface area contributed by atoms with Crippen molar-refractivity contribution in [1.82, 2.24) is 25.2 Å². The number of likely N-dealkylation sites (tertiary alicyclic amines) is 1. The third kappa shape index (κ3) is 7.56. The molecule has 0 aromatic carbocycles. The van der Waals surface area contributed by atoms with Crippen molar-refractivity contribution >= 4 is 23.8 Å². The highest BCUT2D eigenvalue weighted by Crippen LogP contribution is 2.65. The number of aliphatic hydroxyl groups is 1. The van der Waals surface area contributed by atoms with Gasteiger partial charge in [-0.05, 0) is 93.0 Å². The third-order valence-corrected chi connectivity index (χ3v) is 15.4. The first-order valence-corrected chi connectivity index (χ1v) is 21.8. The first kappa shape index (κ1) is 42.0. The Kier molecular flexibility index (Phi) is 11.4. The number of allylic oxidation sites excluding steroid dienone is 2. The summed E-state index contributed by atoms with van der Waals surface area (Å²) in [5, 5.41) is 22.4. The molecule has 2 N–H and O–H groups in total. The van der Waals surface area contributed by atoms with E-state index < -0.39 is 54.4 Å². The zero-order valence-electron chi connectivity index (χ0n) is 35.8. The summed E-state index contributed by atoms with van der Waals surface area (Å²) in [4.78, 5) is 51.6. The Labute approximate surface area is 346 Å². The smallest absolute Gasteiger partial charge is 0.303 e. The van der Waals surface area contributed by atoms with E-state index >= 15 is 0 Å². The van der Waals surface area contributed by atoms with Crippen molar-refractivity contribution in [2.24, 2.45) is 35.0 Å². The van der Waals surface area contributed by atoms with Crippen LogP contribution >= 0.6 is 0 Å². The number of rotatable bonds is 8. The van der Waals surface area contributed by atoms with Crippen LogP contribution in [0.25, 0.3) is 0 Å². The molecule has 0 bridgehead atoms. The number of nitrogens with zero attached hydrogens (tertiary/aromatic N) is 4. The molecule has 15 atom stereocenters. The summed E-state index contributed by atoms with van der Waals surface area (Å²) in [6.07, 6.45) is 7.79. The van der Waals surface area contributed by atoms with E-state index in [9.17, 15) is 24.3 Å². The predicted molar refractivity (Wildman–Crippen MR) is 212 cm³/mol. The van der Waals surface area contributed by atoms with E-state index in [1.165, 1.54) is 43.5 Å². The molecule has 1 aromatic rings. The molecule has 7 aliphatic rings. The number of ether oxygens (including phenoxy) is 5. The Hall–Kier alpha value is -3.66. The van der Waals surface area contributed by atoms with E-state index in [1.807, 2.05) is 0 Å². The maximum atomic E-state index is 12.6. The van der Waals surface area contributed by atoms with Crippen LogP contribution in [0.15, 0.2) is 29.0 Å². The average molecular weight is 822 g/mol. The monoisotopic (exact) mass is 821 g/mol. The number of aromatic nitrogens is 3. The molecule has 4 heterocycles. The van der Waals surface area contributed by atoms with Gasteiger partial charge in [0, 0.05) is 52.7 Å². The number of fused-ring (bicyclic) bond motifs is 6. The average Bonchev–Trinajstić information content (AvgIpc) is 3.86. The maximum absolute atomic E-state index is 12.6. The van der Waals surface area contributed by atoms with Gasteiger partial charge in [-0.25, -0.2) is 4.68 Å². The largest absolute Gasteiger partial charge is 0.463 e. The van der Waals surface area contributed by atoms with Gasteiger partial charge in [-0.2, -0.15) is 0 Å². The van der Waals surface area contributed by atoms with Crippen molar-refractivity contribution in [3.63, 3.8) is 0 Å². The van der Waals surface area contributed by atoms with Crippen LogP contribution in [-0.4, -0.2) is 110 Å². The Morgan fingerprint density at radius 3 is 2.47 bits per heavy atom. The van der Waals surface area contributed by atoms with Gasteiger partial charge < -0.3 is 34.1 Å². The van der Waals surface area contributed by atoms with Crippen LogP contribution in [0.1, 0.15) is 119 Å². The highest BCUT2D eigenvalue weighted by atomic mass is 16.6. The number of nitrogens with one attached hydrogen (secondary N) is 1. The number of hydrogen-bond acceptors (Lipinski definition) is 13. The minimum absolute atomic E-state index is 0.0701. The molecular weight excluding hydrogens is 759 g/mol. The van der Waals surface area contributed by atoms with Gasteiger partial charge in [0.2, 0.25) is 5.91 Å². The summed E-state index contributed by atoms with van der Waals surface area (Å²) in [5.74, 6) is 0.178. The lowest BCUT2D eigenvalue weighted by atomic mass is 9.56. The molecule has 8 rings (SSSR count). The zero-order valence-corrected chi connectivity index (χ0v) is 35.8. The lowest BCUT2D eigenvalue weighted by Crippen LogP contribution is -2.64. The van der Waals surface area contributed by atoms with E-state index in [1.54, 1.807) is 11.8 Å². The highest BCUT2D eigenvalue weighted by molar-refractivity contribution is 5.73. The molecular formula is C44H63N5O10. The lowest BCUT2D eigenvalue weighted by Gasteiger charge is -2.49. The normalized spacial score (nSPS) is 41.6. The van der Waals surface area contributed by atoms with Gasteiger partial charge in [0.25, 0.3) is 0 Å². The molecule has 3 aliphatic heterocycles. The van der Waals surface area contributed by atoms with E-state index in [0.717, 1.165) is 57.9 Å². The first-order valence-electron chi connectivity index (χ1n) is 21.8. The molecule has 4 aliphatic carbocycles. The van der Waals surface area contributed by atoms with Crippen molar-refractivity contribution in [3.05, 3.63) is 34.7 Å². The second-order valence-corrected chi connectivity index (χ2v) is 19.1. The molecule has 0 unspecified atom stereocenters. The molecule has 59 heavy (non-hydrogen) atoms. The summed E-state index contributed by atoms with van der Waals surface area (Å²) in [7, 11) is 0. The minimum atomic E-state index is -1.20. The number of hydrogen-bond donors (Lipinski definition) is 2. The molecule has 5 fully saturated rings. The van der Waals surface area contributed by atoms with Gasteiger partial charge in [-0.1, -0.05) is 43.2 Å². The number of carbonyl (C=O) groups excluding carboxylic acids is 4. The SMILES string of the molecule is CC(=O)N[C@@H]1[C@@H](OC(C)=O)[C@H](OC(C)=O)[C@@H](COC(C)=O)O[C@@H]1n1cc(CN2C[C@@H](C)C[C@H]3O[C@]4(CC[C@@H]5C(=C4C)C[C@H]4[C@H]5CC=C5C[C@@H](O)CC[C@@]54C)[C@H](C)[C@@H]32)nn1. The lowest BCUT2D eigenvalue weighted by molar-refractivity contribution is -0.239. The molecule has 1 aromatic heterocycles. The van der Waals surface area contributed by atoms with Crippen LogP contribution < -0.4 is 5.32 Å². The second kappa shape index (κ2) is 16.0. The van der Waals surface area contributed by atoms with Crippen LogP contribution in [0.2, 0.25) is 0 Å². The van der Waals surface area contributed by atoms with Crippen molar-refractivity contribution in [2.75, 3.05) is 13.2 Å². The standard InChI is InChI=1S/C44H63N5O10/c1-22-15-36-39(24(3)44(59-36)14-12-32-33-10-9-29-16-31(54)11-13-43(29,8)35(33)17-34(32)23(44)2)48(18-22)19-30-20-49(47-46-30)42-38(45-25(4)50)41(57-28(7)53)40(56-27(6)52)37(58-42)21-55-26(5)51/h9,20,22,24,31-33,35-42,54H,10-19,21H2,1-8H3,(H,45,50)/t22-,24+,31-,32-,33-,35-,36+,37+,38+,39-,40+,41+,42-,43-,44-/m0/s1. The summed E-state index contributed by atoms with van der Waals surface area (Å²) in [6.45, 7) is 15.6. The van der Waals surface area contributed by atoms with Gasteiger partial charge in [0.15, 0.2) is 18.4 Å². The van der Waals surface area contributed by atoms with Gasteiger partial charge in [0.05, 0.1) is 29.7 Å². The van der Waals surface area contributed by atoms with Gasteiger partial charge >= 0.3 is 17.9 Å². The fraction of sp³-hybridized carbons (Fsp3) is 0.773. The van der Waals surface area contributed by atoms with Crippen LogP contribution in [0.4, 0.5) is 0 Å². The first-order chi connectivity index (χ1) is 28.0. The van der Waals surface area contributed by atoms with Crippen LogP contribution in [0, 0.1) is 35.0 Å². The summed E-state index contributed by atoms with van der Waals surface area (Å²) >= 11 is 0. The highest BCUT2D eigenvalue weighted by Gasteiger charge is 2.62. The number of piperidine rings is 1. The Morgan fingerprint density at radius 2 is 1.76 bits per heavy atom. The Bertz CT molecular complexity index is 1900. The number of aliphatic hydroxyl groups excluding tert-OH is 1. The topological polar surface area (TPSA) is 181 Å². The molecule has 1 amide bonds. The van der Waals surface area contributed by atoms with Gasteiger partial charge in [-0.3, -0.25) is 24.1 Å². The summed E-state index contributed by atoms with van der Waals surface area (Å²) < 4.78 is 31.9. The van der Waals surface area contributed by atoms with E-state index in [2.05, 4.69) is 54.3 Å². The molecule has 324 valence electrons. The minimum Gasteiger partial charge on any atom is -0.463 e. The van der Waals surface area contributed by atoms with Crippen molar-refractivity contribution in [1.29, 1.82) is 0 Å². The third-order valence-electron chi connectivity index (χ3n) is 15.4. The van der Waals surface area contributed by atoms with E-state index in [4.69, 9.17) is 23.7 Å².